The van der Waals surface area contributed by atoms with Crippen molar-refractivity contribution in [3.05, 3.63) is 24.3 Å². The van der Waals surface area contributed by atoms with Gasteiger partial charge in [-0.3, -0.25) is 9.59 Å². The van der Waals surface area contributed by atoms with E-state index in [1.54, 1.807) is 23.9 Å². The third-order valence-electron chi connectivity index (χ3n) is 2.29. The van der Waals surface area contributed by atoms with Crippen LogP contribution in [-0.4, -0.2) is 23.2 Å². The van der Waals surface area contributed by atoms with Crippen LogP contribution in [0, 0.1) is 5.92 Å². The van der Waals surface area contributed by atoms with E-state index in [0.717, 1.165) is 4.90 Å². The summed E-state index contributed by atoms with van der Waals surface area (Å²) in [6.45, 7) is 1.51. The lowest BCUT2D eigenvalue weighted by molar-refractivity contribution is -0.142. The Morgan fingerprint density at radius 3 is 2.41 bits per heavy atom. The summed E-state index contributed by atoms with van der Waals surface area (Å²) in [5, 5.41) is 11.3. The predicted molar refractivity (Wildman–Crippen MR) is 68.3 cm³/mol. The molecule has 1 amide bonds. The van der Waals surface area contributed by atoms with Crippen molar-refractivity contribution in [1.29, 1.82) is 0 Å². The Kier molecular flexibility index (Phi) is 5.03. The van der Waals surface area contributed by atoms with E-state index >= 15 is 0 Å². The molecule has 5 heteroatoms. The van der Waals surface area contributed by atoms with E-state index in [1.807, 2.05) is 18.4 Å². The number of carboxylic acids is 1. The molecule has 0 heterocycles. The van der Waals surface area contributed by atoms with Gasteiger partial charge in [0.1, 0.15) is 0 Å². The molecule has 17 heavy (non-hydrogen) atoms. The van der Waals surface area contributed by atoms with Crippen LogP contribution in [0.3, 0.4) is 0 Å². The molecular formula is C12H15NO3S. The zero-order chi connectivity index (χ0) is 12.8. The van der Waals surface area contributed by atoms with E-state index in [9.17, 15) is 9.59 Å². The summed E-state index contributed by atoms with van der Waals surface area (Å²) in [6.07, 6.45) is 1.96. The van der Waals surface area contributed by atoms with Crippen molar-refractivity contribution in [3.63, 3.8) is 0 Å². The Morgan fingerprint density at radius 1 is 1.35 bits per heavy atom. The second-order valence-corrected chi connectivity index (χ2v) is 4.60. The van der Waals surface area contributed by atoms with Crippen LogP contribution in [0.4, 0.5) is 5.69 Å². The third kappa shape index (κ3) is 4.48. The Balaban J connectivity index is 2.53. The molecule has 0 spiro atoms. The highest BCUT2D eigenvalue weighted by Gasteiger charge is 2.15. The molecule has 2 N–H and O–H groups in total. The van der Waals surface area contributed by atoms with Crippen LogP contribution >= 0.6 is 11.8 Å². The summed E-state index contributed by atoms with van der Waals surface area (Å²) in [6, 6.07) is 7.41. The van der Waals surface area contributed by atoms with Gasteiger partial charge in [-0.05, 0) is 30.5 Å². The van der Waals surface area contributed by atoms with Gasteiger partial charge < -0.3 is 10.4 Å². The highest BCUT2D eigenvalue weighted by atomic mass is 32.2. The second-order valence-electron chi connectivity index (χ2n) is 3.72. The normalized spacial score (nSPS) is 11.9. The molecule has 1 atom stereocenters. The number of aliphatic carboxylic acids is 1. The van der Waals surface area contributed by atoms with Crippen molar-refractivity contribution in [3.8, 4) is 0 Å². The van der Waals surface area contributed by atoms with Crippen molar-refractivity contribution < 1.29 is 14.7 Å². The molecular weight excluding hydrogens is 238 g/mol. The fraction of sp³-hybridized carbons (Fsp3) is 0.333. The average molecular weight is 253 g/mol. The molecule has 0 bridgehead atoms. The van der Waals surface area contributed by atoms with Crippen LogP contribution in [0.15, 0.2) is 29.2 Å². The first-order chi connectivity index (χ1) is 8.02. The molecule has 0 fully saturated rings. The van der Waals surface area contributed by atoms with Crippen LogP contribution < -0.4 is 5.32 Å². The van der Waals surface area contributed by atoms with Crippen molar-refractivity contribution in [2.45, 2.75) is 18.2 Å². The van der Waals surface area contributed by atoms with Crippen molar-refractivity contribution >= 4 is 29.3 Å². The number of amides is 1. The van der Waals surface area contributed by atoms with Crippen LogP contribution in [-0.2, 0) is 9.59 Å². The smallest absolute Gasteiger partial charge is 0.306 e. The number of carbonyl (C=O) groups is 2. The van der Waals surface area contributed by atoms with Gasteiger partial charge in [0.2, 0.25) is 5.91 Å². The minimum absolute atomic E-state index is 0.0143. The van der Waals surface area contributed by atoms with E-state index < -0.39 is 11.9 Å². The Labute approximate surface area is 104 Å². The number of anilines is 1. The standard InChI is InChI=1S/C12H15NO3S/c1-8(12(15)16)7-11(14)13-9-3-5-10(17-2)6-4-9/h3-6,8H,7H2,1-2H3,(H,13,14)(H,15,16). The van der Waals surface area contributed by atoms with Crippen molar-refractivity contribution in [2.75, 3.05) is 11.6 Å². The van der Waals surface area contributed by atoms with Gasteiger partial charge in [0.15, 0.2) is 0 Å². The number of thioether (sulfide) groups is 1. The van der Waals surface area contributed by atoms with E-state index in [2.05, 4.69) is 5.32 Å². The number of rotatable bonds is 5. The maximum atomic E-state index is 11.5. The number of nitrogens with one attached hydrogen (secondary N) is 1. The SMILES string of the molecule is CSc1ccc(NC(=O)CC(C)C(=O)O)cc1. The lowest BCUT2D eigenvalue weighted by Crippen LogP contribution is -2.19. The third-order valence-corrected chi connectivity index (χ3v) is 3.03. The Hall–Kier alpha value is -1.49. The minimum atomic E-state index is -0.960. The molecule has 1 rings (SSSR count). The van der Waals surface area contributed by atoms with Gasteiger partial charge in [-0.2, -0.15) is 0 Å². The molecule has 0 aliphatic carbocycles. The molecule has 0 aromatic heterocycles. The molecule has 0 aliphatic rings. The molecule has 1 unspecified atom stereocenters. The first-order valence-corrected chi connectivity index (χ1v) is 6.42. The Morgan fingerprint density at radius 2 is 1.94 bits per heavy atom. The van der Waals surface area contributed by atoms with Gasteiger partial charge in [-0.1, -0.05) is 6.92 Å². The molecule has 0 saturated carbocycles. The molecule has 1 aromatic rings. The van der Waals surface area contributed by atoms with Crippen LogP contribution in [0.1, 0.15) is 13.3 Å². The van der Waals surface area contributed by atoms with Crippen LogP contribution in [0.5, 0.6) is 0 Å². The Bertz CT molecular complexity index is 403. The molecule has 92 valence electrons. The quantitative estimate of drug-likeness (QED) is 0.791. The van der Waals surface area contributed by atoms with Gasteiger partial charge in [-0.15, -0.1) is 11.8 Å². The summed E-state index contributed by atoms with van der Waals surface area (Å²) < 4.78 is 0. The fourth-order valence-electron chi connectivity index (χ4n) is 1.25. The molecule has 1 aromatic carbocycles. The predicted octanol–water partition coefficient (Wildman–Crippen LogP) is 2.46. The first kappa shape index (κ1) is 13.6. The molecule has 0 aliphatic heterocycles. The highest BCUT2D eigenvalue weighted by molar-refractivity contribution is 7.98. The van der Waals surface area contributed by atoms with Crippen LogP contribution in [0.25, 0.3) is 0 Å². The number of carboxylic acid groups (broad SMARTS) is 1. The zero-order valence-corrected chi connectivity index (χ0v) is 10.6. The summed E-state index contributed by atoms with van der Waals surface area (Å²) in [4.78, 5) is 23.2. The monoisotopic (exact) mass is 253 g/mol. The summed E-state index contributed by atoms with van der Waals surface area (Å²) in [7, 11) is 0. The van der Waals surface area contributed by atoms with Gasteiger partial charge in [0.05, 0.1) is 5.92 Å². The lowest BCUT2D eigenvalue weighted by atomic mass is 10.1. The van der Waals surface area contributed by atoms with E-state index in [4.69, 9.17) is 5.11 Å². The number of hydrogen-bond acceptors (Lipinski definition) is 3. The van der Waals surface area contributed by atoms with Gasteiger partial charge in [-0.25, -0.2) is 0 Å². The highest BCUT2D eigenvalue weighted by Crippen LogP contribution is 2.17. The average Bonchev–Trinajstić information content (AvgIpc) is 2.29. The van der Waals surface area contributed by atoms with E-state index in [-0.39, 0.29) is 12.3 Å². The summed E-state index contributed by atoms with van der Waals surface area (Å²) >= 11 is 1.62. The molecule has 0 radical (unpaired) electrons. The summed E-state index contributed by atoms with van der Waals surface area (Å²) in [5.41, 5.74) is 0.686. The second kappa shape index (κ2) is 6.30. The van der Waals surface area contributed by atoms with Crippen molar-refractivity contribution in [2.24, 2.45) is 5.92 Å². The first-order valence-electron chi connectivity index (χ1n) is 5.19. The fourth-order valence-corrected chi connectivity index (χ4v) is 1.66. The maximum absolute atomic E-state index is 11.5. The number of carbonyl (C=O) groups excluding carboxylic acids is 1. The largest absolute Gasteiger partial charge is 0.481 e. The zero-order valence-electron chi connectivity index (χ0n) is 9.77. The lowest BCUT2D eigenvalue weighted by Gasteiger charge is -2.08. The van der Waals surface area contributed by atoms with Gasteiger partial charge >= 0.3 is 5.97 Å². The van der Waals surface area contributed by atoms with Gasteiger partial charge in [0.25, 0.3) is 0 Å². The van der Waals surface area contributed by atoms with Crippen molar-refractivity contribution in [1.82, 2.24) is 0 Å². The molecule has 0 saturated heterocycles. The topological polar surface area (TPSA) is 66.4 Å². The van der Waals surface area contributed by atoms with Crippen LogP contribution in [0.2, 0.25) is 0 Å². The van der Waals surface area contributed by atoms with E-state index in [1.165, 1.54) is 6.92 Å². The number of hydrogen-bond donors (Lipinski definition) is 2. The summed E-state index contributed by atoms with van der Waals surface area (Å²) in [5.74, 6) is -1.91. The van der Waals surface area contributed by atoms with Gasteiger partial charge in [0, 0.05) is 17.0 Å². The number of benzene rings is 1. The van der Waals surface area contributed by atoms with E-state index in [0.29, 0.717) is 5.69 Å². The maximum Gasteiger partial charge on any atom is 0.306 e. The minimum Gasteiger partial charge on any atom is -0.481 e. The molecule has 4 nitrogen and oxygen atoms in total.